The Morgan fingerprint density at radius 3 is 2.83 bits per heavy atom. The fraction of sp³-hybridized carbons (Fsp3) is 0.357. The van der Waals surface area contributed by atoms with Crippen LogP contribution in [0, 0.1) is 12.7 Å². The van der Waals surface area contributed by atoms with Crippen molar-refractivity contribution >= 4 is 11.3 Å². The molecule has 0 aliphatic rings. The molecule has 1 aromatic heterocycles. The molecular formula is C14H17FN2S. The van der Waals surface area contributed by atoms with Crippen LogP contribution in [-0.4, -0.2) is 11.0 Å². The zero-order valence-corrected chi connectivity index (χ0v) is 11.4. The molecule has 1 N–H and O–H groups in total. The smallest absolute Gasteiger partial charge is 0.126 e. The van der Waals surface area contributed by atoms with Crippen LogP contribution < -0.4 is 5.32 Å². The molecule has 0 aliphatic heterocycles. The second-order valence-electron chi connectivity index (χ2n) is 4.42. The Hall–Kier alpha value is -1.26. The Bertz CT molecular complexity index is 510. The van der Waals surface area contributed by atoms with E-state index in [2.05, 4.69) is 17.2 Å². The van der Waals surface area contributed by atoms with Gasteiger partial charge in [0.1, 0.15) is 5.82 Å². The summed E-state index contributed by atoms with van der Waals surface area (Å²) in [6.45, 7) is 4.86. The third-order valence-electron chi connectivity index (χ3n) is 2.78. The number of thiazole rings is 1. The first-order chi connectivity index (χ1) is 8.65. The highest BCUT2D eigenvalue weighted by Gasteiger charge is 2.07. The van der Waals surface area contributed by atoms with Crippen LogP contribution in [-0.2, 0) is 13.0 Å². The first-order valence-electron chi connectivity index (χ1n) is 6.03. The minimum absolute atomic E-state index is 0.125. The van der Waals surface area contributed by atoms with Gasteiger partial charge in [-0.2, -0.15) is 0 Å². The summed E-state index contributed by atoms with van der Waals surface area (Å²) < 4.78 is 13.5. The van der Waals surface area contributed by atoms with Gasteiger partial charge in [-0.25, -0.2) is 9.37 Å². The average molecular weight is 264 g/mol. The van der Waals surface area contributed by atoms with Crippen molar-refractivity contribution in [1.82, 2.24) is 10.3 Å². The molecule has 4 heteroatoms. The van der Waals surface area contributed by atoms with Crippen LogP contribution in [0.3, 0.4) is 0 Å². The van der Waals surface area contributed by atoms with Crippen molar-refractivity contribution in [3.63, 3.8) is 0 Å². The molecule has 1 aromatic carbocycles. The summed E-state index contributed by atoms with van der Waals surface area (Å²) in [5.74, 6) is -0.125. The topological polar surface area (TPSA) is 24.9 Å². The van der Waals surface area contributed by atoms with E-state index in [0.717, 1.165) is 17.1 Å². The summed E-state index contributed by atoms with van der Waals surface area (Å²) >= 11 is 1.69. The SMILES string of the molecule is Cc1ncc(CNC(C)Cc2ccccc2F)s1. The van der Waals surface area contributed by atoms with Crippen molar-refractivity contribution < 1.29 is 4.39 Å². The highest BCUT2D eigenvalue weighted by molar-refractivity contribution is 7.11. The van der Waals surface area contributed by atoms with E-state index < -0.39 is 0 Å². The molecule has 18 heavy (non-hydrogen) atoms. The monoisotopic (exact) mass is 264 g/mol. The molecule has 96 valence electrons. The lowest BCUT2D eigenvalue weighted by Crippen LogP contribution is -2.27. The quantitative estimate of drug-likeness (QED) is 0.896. The van der Waals surface area contributed by atoms with Crippen LogP contribution in [0.5, 0.6) is 0 Å². The molecule has 2 nitrogen and oxygen atoms in total. The minimum Gasteiger partial charge on any atom is -0.309 e. The molecule has 0 bridgehead atoms. The normalized spacial score (nSPS) is 12.6. The molecule has 2 rings (SSSR count). The molecule has 0 saturated carbocycles. The summed E-state index contributed by atoms with van der Waals surface area (Å²) in [6, 6.07) is 7.18. The molecule has 1 atom stereocenters. The zero-order chi connectivity index (χ0) is 13.0. The highest BCUT2D eigenvalue weighted by atomic mass is 32.1. The van der Waals surface area contributed by atoms with E-state index in [-0.39, 0.29) is 11.9 Å². The second-order valence-corrected chi connectivity index (χ2v) is 5.74. The maximum Gasteiger partial charge on any atom is 0.126 e. The Kier molecular flexibility index (Phi) is 4.44. The number of nitrogens with zero attached hydrogens (tertiary/aromatic N) is 1. The van der Waals surface area contributed by atoms with E-state index in [1.54, 1.807) is 17.4 Å². The molecule has 2 aromatic rings. The lowest BCUT2D eigenvalue weighted by molar-refractivity contribution is 0.528. The number of benzene rings is 1. The maximum atomic E-state index is 13.5. The van der Waals surface area contributed by atoms with E-state index in [1.165, 1.54) is 10.9 Å². The number of halogens is 1. The van der Waals surface area contributed by atoms with Crippen molar-refractivity contribution in [2.24, 2.45) is 0 Å². The number of aryl methyl sites for hydroxylation is 1. The van der Waals surface area contributed by atoms with Crippen LogP contribution in [0.2, 0.25) is 0 Å². The van der Waals surface area contributed by atoms with E-state index in [4.69, 9.17) is 0 Å². The average Bonchev–Trinajstić information content (AvgIpc) is 2.76. The fourth-order valence-electron chi connectivity index (χ4n) is 1.83. The van der Waals surface area contributed by atoms with Gasteiger partial charge in [-0.3, -0.25) is 0 Å². The minimum atomic E-state index is -0.125. The molecule has 0 spiro atoms. The van der Waals surface area contributed by atoms with E-state index in [0.29, 0.717) is 6.42 Å². The highest BCUT2D eigenvalue weighted by Crippen LogP contribution is 2.12. The van der Waals surface area contributed by atoms with Gasteiger partial charge in [-0.1, -0.05) is 18.2 Å². The van der Waals surface area contributed by atoms with Gasteiger partial charge in [0, 0.05) is 23.7 Å². The Morgan fingerprint density at radius 2 is 2.17 bits per heavy atom. The van der Waals surface area contributed by atoms with Gasteiger partial charge < -0.3 is 5.32 Å². The van der Waals surface area contributed by atoms with Crippen LogP contribution in [0.4, 0.5) is 4.39 Å². The Balaban J connectivity index is 1.85. The third kappa shape index (κ3) is 3.62. The predicted octanol–water partition coefficient (Wildman–Crippen LogP) is 3.31. The molecule has 1 heterocycles. The maximum absolute atomic E-state index is 13.5. The van der Waals surface area contributed by atoms with Gasteiger partial charge >= 0.3 is 0 Å². The molecule has 0 fully saturated rings. The van der Waals surface area contributed by atoms with Crippen molar-refractivity contribution in [3.05, 3.63) is 51.7 Å². The molecule has 0 amide bonds. The number of aromatic nitrogens is 1. The van der Waals surface area contributed by atoms with Crippen LogP contribution in [0.1, 0.15) is 22.4 Å². The van der Waals surface area contributed by atoms with Gasteiger partial charge in [0.25, 0.3) is 0 Å². The molecule has 1 unspecified atom stereocenters. The summed E-state index contributed by atoms with van der Waals surface area (Å²) in [5, 5.41) is 4.47. The molecule has 0 aliphatic carbocycles. The number of hydrogen-bond donors (Lipinski definition) is 1. The molecule has 0 saturated heterocycles. The van der Waals surface area contributed by atoms with Gasteiger partial charge in [0.15, 0.2) is 0 Å². The zero-order valence-electron chi connectivity index (χ0n) is 10.6. The number of rotatable bonds is 5. The third-order valence-corrected chi connectivity index (χ3v) is 3.69. The largest absolute Gasteiger partial charge is 0.309 e. The van der Waals surface area contributed by atoms with Gasteiger partial charge in [0.05, 0.1) is 5.01 Å². The van der Waals surface area contributed by atoms with E-state index in [9.17, 15) is 4.39 Å². The van der Waals surface area contributed by atoms with Crippen LogP contribution in [0.25, 0.3) is 0 Å². The Morgan fingerprint density at radius 1 is 1.39 bits per heavy atom. The summed E-state index contributed by atoms with van der Waals surface area (Å²) in [4.78, 5) is 5.43. The summed E-state index contributed by atoms with van der Waals surface area (Å²) in [5.41, 5.74) is 0.762. The fourth-order valence-corrected chi connectivity index (χ4v) is 2.57. The predicted molar refractivity (Wildman–Crippen MR) is 73.3 cm³/mol. The first-order valence-corrected chi connectivity index (χ1v) is 6.85. The Labute approximate surface area is 111 Å². The second kappa shape index (κ2) is 6.07. The summed E-state index contributed by atoms with van der Waals surface area (Å²) in [6.07, 6.45) is 2.59. The van der Waals surface area contributed by atoms with Gasteiger partial charge in [-0.05, 0) is 31.9 Å². The van der Waals surface area contributed by atoms with Gasteiger partial charge in [0.2, 0.25) is 0 Å². The molecular weight excluding hydrogens is 247 g/mol. The molecule has 0 radical (unpaired) electrons. The van der Waals surface area contributed by atoms with Crippen molar-refractivity contribution in [2.45, 2.75) is 32.9 Å². The summed E-state index contributed by atoms with van der Waals surface area (Å²) in [7, 11) is 0. The lowest BCUT2D eigenvalue weighted by atomic mass is 10.1. The van der Waals surface area contributed by atoms with Gasteiger partial charge in [-0.15, -0.1) is 11.3 Å². The van der Waals surface area contributed by atoms with Crippen molar-refractivity contribution in [2.75, 3.05) is 0 Å². The van der Waals surface area contributed by atoms with Crippen LogP contribution in [0.15, 0.2) is 30.5 Å². The number of nitrogens with one attached hydrogen (secondary N) is 1. The standard InChI is InChI=1S/C14H17FN2S/c1-10(7-12-5-3-4-6-14(12)15)16-8-13-9-17-11(2)18-13/h3-6,9-10,16H,7-8H2,1-2H3. The van der Waals surface area contributed by atoms with Crippen molar-refractivity contribution in [3.8, 4) is 0 Å². The van der Waals surface area contributed by atoms with E-state index >= 15 is 0 Å². The first kappa shape index (κ1) is 13.2. The van der Waals surface area contributed by atoms with Crippen LogP contribution >= 0.6 is 11.3 Å². The lowest BCUT2D eigenvalue weighted by Gasteiger charge is -2.13. The number of hydrogen-bond acceptors (Lipinski definition) is 3. The van der Waals surface area contributed by atoms with Crippen molar-refractivity contribution in [1.29, 1.82) is 0 Å². The van der Waals surface area contributed by atoms with E-state index in [1.807, 2.05) is 25.3 Å².